The first kappa shape index (κ1) is 42.9. The van der Waals surface area contributed by atoms with Crippen LogP contribution in [0, 0.1) is 0 Å². The highest BCUT2D eigenvalue weighted by Gasteiger charge is 2.21. The van der Waals surface area contributed by atoms with Crippen molar-refractivity contribution in [2.75, 3.05) is 9.80 Å². The Bertz CT molecular complexity index is 4200. The Balaban J connectivity index is 0.880. The summed E-state index contributed by atoms with van der Waals surface area (Å²) >= 11 is 0. The second-order valence-electron chi connectivity index (χ2n) is 18.9. The fraction of sp³-hybridized carbons (Fsp3) is 0. The van der Waals surface area contributed by atoms with Crippen molar-refractivity contribution < 1.29 is 8.83 Å². The van der Waals surface area contributed by atoms with Crippen molar-refractivity contribution in [1.29, 1.82) is 0 Å². The van der Waals surface area contributed by atoms with Crippen molar-refractivity contribution >= 4 is 88.8 Å². The molecule has 0 fully saturated rings. The van der Waals surface area contributed by atoms with Crippen molar-refractivity contribution in [2.45, 2.75) is 0 Å². The van der Waals surface area contributed by atoms with Gasteiger partial charge in [0.05, 0.1) is 0 Å². The van der Waals surface area contributed by atoms with Gasteiger partial charge in [0, 0.05) is 61.7 Å². The van der Waals surface area contributed by atoms with Crippen LogP contribution < -0.4 is 9.80 Å². The first-order valence-corrected chi connectivity index (χ1v) is 25.1. The van der Waals surface area contributed by atoms with Crippen LogP contribution >= 0.6 is 0 Å². The molecule has 0 amide bonds. The van der Waals surface area contributed by atoms with Gasteiger partial charge < -0.3 is 18.6 Å². The van der Waals surface area contributed by atoms with E-state index in [1.54, 1.807) is 0 Å². The maximum Gasteiger partial charge on any atom is 0.178 e. The van der Waals surface area contributed by atoms with E-state index in [0.29, 0.717) is 0 Å². The van der Waals surface area contributed by atoms with Crippen LogP contribution in [-0.2, 0) is 0 Å². The summed E-state index contributed by atoms with van der Waals surface area (Å²) in [6.07, 6.45) is 0. The number of rotatable bonds is 10. The molecule has 0 saturated carbocycles. The number of benzene rings is 12. The third kappa shape index (κ3) is 7.74. The van der Waals surface area contributed by atoms with E-state index < -0.39 is 0 Å². The Morgan fingerprint density at radius 2 is 0.541 bits per heavy atom. The van der Waals surface area contributed by atoms with Crippen LogP contribution in [0.5, 0.6) is 0 Å². The molecule has 4 nitrogen and oxygen atoms in total. The average Bonchev–Trinajstić information content (AvgIpc) is 4.04. The van der Waals surface area contributed by atoms with E-state index in [0.717, 1.165) is 111 Å². The molecule has 4 heteroatoms. The first-order chi connectivity index (χ1) is 36.6. The van der Waals surface area contributed by atoms with Crippen molar-refractivity contribution in [3.05, 3.63) is 279 Å². The predicted octanol–water partition coefficient (Wildman–Crippen LogP) is 20.2. The predicted molar refractivity (Wildman–Crippen MR) is 310 cm³/mol. The summed E-state index contributed by atoms with van der Waals surface area (Å²) in [7, 11) is 0. The smallest absolute Gasteiger partial charge is 0.178 e. The number of nitrogens with zero attached hydrogens (tertiary/aromatic N) is 2. The number of anilines is 6. The van der Waals surface area contributed by atoms with Crippen LogP contribution in [0.25, 0.3) is 99.2 Å². The number of hydrogen-bond acceptors (Lipinski definition) is 4. The zero-order chi connectivity index (χ0) is 49.0. The van der Waals surface area contributed by atoms with E-state index in [1.807, 2.05) is 0 Å². The van der Waals surface area contributed by atoms with Crippen LogP contribution in [0.2, 0.25) is 0 Å². The average molecular weight is 947 g/mol. The summed E-state index contributed by atoms with van der Waals surface area (Å²) in [5, 5.41) is 6.32. The highest BCUT2D eigenvalue weighted by molar-refractivity contribution is 6.20. The zero-order valence-electron chi connectivity index (χ0n) is 40.3. The molecule has 0 aliphatic carbocycles. The third-order valence-corrected chi connectivity index (χ3v) is 14.4. The van der Waals surface area contributed by atoms with Crippen LogP contribution in [0.3, 0.4) is 0 Å². The van der Waals surface area contributed by atoms with Crippen LogP contribution in [0.4, 0.5) is 34.1 Å². The van der Waals surface area contributed by atoms with Gasteiger partial charge in [-0.25, -0.2) is 0 Å². The normalized spacial score (nSPS) is 11.5. The number of furan rings is 2. The van der Waals surface area contributed by atoms with E-state index in [1.165, 1.54) is 22.3 Å². The fourth-order valence-electron chi connectivity index (χ4n) is 10.8. The van der Waals surface area contributed by atoms with Gasteiger partial charge in [0.1, 0.15) is 11.2 Å². The molecule has 0 N–H and O–H groups in total. The zero-order valence-corrected chi connectivity index (χ0v) is 40.3. The standard InChI is InChI=1S/C70H46N2O2/c1-5-17-47(18-6-1)51-25-13-29-57(39-51)71(58-30-14-26-52(40-58)48-19-7-2-8-20-48)61-34-33-55-44-66-65-38-37-64-63-36-35-62(46-68(63)74-69(64)70(65)73-67(66)45-56(55)43-61)72(59-31-15-27-53(41-59)49-21-9-3-10-22-49)60-32-16-28-54(42-60)50-23-11-4-12-24-50/h1-46H. The largest absolute Gasteiger partial charge is 0.452 e. The van der Waals surface area contributed by atoms with Crippen molar-refractivity contribution in [3.8, 4) is 44.5 Å². The molecule has 0 bridgehead atoms. The second kappa shape index (κ2) is 18.1. The van der Waals surface area contributed by atoms with Crippen molar-refractivity contribution in [1.82, 2.24) is 0 Å². The van der Waals surface area contributed by atoms with Gasteiger partial charge in [-0.05, 0) is 152 Å². The van der Waals surface area contributed by atoms with Crippen molar-refractivity contribution in [2.24, 2.45) is 0 Å². The molecular formula is C70H46N2O2. The molecule has 0 saturated heterocycles. The minimum absolute atomic E-state index is 0.738. The van der Waals surface area contributed by atoms with Crippen LogP contribution in [0.1, 0.15) is 0 Å². The van der Waals surface area contributed by atoms with E-state index >= 15 is 0 Å². The van der Waals surface area contributed by atoms with E-state index in [-0.39, 0.29) is 0 Å². The lowest BCUT2D eigenvalue weighted by Crippen LogP contribution is -2.10. The summed E-state index contributed by atoms with van der Waals surface area (Å²) in [6, 6.07) is 99.5. The molecule has 0 atom stereocenters. The molecule has 0 unspecified atom stereocenters. The van der Waals surface area contributed by atoms with Crippen LogP contribution in [0.15, 0.2) is 288 Å². The monoisotopic (exact) mass is 946 g/mol. The molecular weight excluding hydrogens is 901 g/mol. The molecule has 12 aromatic carbocycles. The summed E-state index contributed by atoms with van der Waals surface area (Å²) in [5.41, 5.74) is 18.6. The third-order valence-electron chi connectivity index (χ3n) is 14.4. The summed E-state index contributed by atoms with van der Waals surface area (Å²) in [4.78, 5) is 4.68. The second-order valence-corrected chi connectivity index (χ2v) is 18.9. The molecule has 0 spiro atoms. The molecule has 74 heavy (non-hydrogen) atoms. The topological polar surface area (TPSA) is 32.8 Å². The summed E-state index contributed by atoms with van der Waals surface area (Å²) in [6.45, 7) is 0. The van der Waals surface area contributed by atoms with Gasteiger partial charge in [0.25, 0.3) is 0 Å². The minimum atomic E-state index is 0.738. The maximum atomic E-state index is 6.95. The molecule has 0 aliphatic rings. The molecule has 0 radical (unpaired) electrons. The number of hydrogen-bond donors (Lipinski definition) is 0. The Labute approximate surface area is 428 Å². The first-order valence-electron chi connectivity index (χ1n) is 25.1. The van der Waals surface area contributed by atoms with Gasteiger partial charge in [-0.3, -0.25) is 0 Å². The molecule has 2 heterocycles. The Hall–Kier alpha value is -9.90. The molecule has 348 valence electrons. The fourth-order valence-corrected chi connectivity index (χ4v) is 10.8. The van der Waals surface area contributed by atoms with Crippen molar-refractivity contribution in [3.63, 3.8) is 0 Å². The highest BCUT2D eigenvalue weighted by atomic mass is 16.4. The van der Waals surface area contributed by atoms with E-state index in [2.05, 4.69) is 289 Å². The lowest BCUT2D eigenvalue weighted by atomic mass is 10.0. The van der Waals surface area contributed by atoms with E-state index in [4.69, 9.17) is 8.83 Å². The van der Waals surface area contributed by atoms with Gasteiger partial charge in [0.2, 0.25) is 0 Å². The molecule has 14 aromatic rings. The molecule has 0 aliphatic heterocycles. The Morgan fingerprint density at radius 1 is 0.203 bits per heavy atom. The molecule has 2 aromatic heterocycles. The summed E-state index contributed by atoms with van der Waals surface area (Å²) < 4.78 is 13.9. The van der Waals surface area contributed by atoms with Gasteiger partial charge in [-0.2, -0.15) is 0 Å². The van der Waals surface area contributed by atoms with Crippen LogP contribution in [-0.4, -0.2) is 0 Å². The lowest BCUT2D eigenvalue weighted by Gasteiger charge is -2.27. The van der Waals surface area contributed by atoms with E-state index in [9.17, 15) is 0 Å². The number of fused-ring (bicyclic) bond motifs is 8. The Kier molecular flexibility index (Phi) is 10.5. The lowest BCUT2D eigenvalue weighted by molar-refractivity contribution is 0.633. The molecule has 14 rings (SSSR count). The maximum absolute atomic E-state index is 6.95. The van der Waals surface area contributed by atoms with Gasteiger partial charge in [-0.15, -0.1) is 0 Å². The summed E-state index contributed by atoms with van der Waals surface area (Å²) in [5.74, 6) is 0. The SMILES string of the molecule is c1ccc(-c2cccc(N(c3cccc(-c4ccccc4)c3)c3ccc4cc5c(cc4c3)oc3c5ccc4c5ccc(N(c6cccc(-c7ccccc7)c6)c6cccc(-c7ccccc7)c6)cc5oc43)c2)cc1. The van der Waals surface area contributed by atoms with Gasteiger partial charge in [0.15, 0.2) is 11.2 Å². The van der Waals surface area contributed by atoms with Gasteiger partial charge >= 0.3 is 0 Å². The quantitative estimate of drug-likeness (QED) is 0.137. The highest BCUT2D eigenvalue weighted by Crippen LogP contribution is 2.45. The minimum Gasteiger partial charge on any atom is -0.452 e. The Morgan fingerprint density at radius 3 is 0.973 bits per heavy atom. The van der Waals surface area contributed by atoms with Gasteiger partial charge in [-0.1, -0.05) is 176 Å².